The van der Waals surface area contributed by atoms with Gasteiger partial charge in [-0.25, -0.2) is 0 Å². The van der Waals surface area contributed by atoms with Gasteiger partial charge < -0.3 is 0 Å². The van der Waals surface area contributed by atoms with E-state index >= 15 is 0 Å². The molecule has 6 fully saturated rings. The molecule has 0 unspecified atom stereocenters. The molecule has 0 saturated heterocycles. The topological polar surface area (TPSA) is 0 Å². The molecule has 6 saturated carbocycles. The average Bonchev–Trinajstić information content (AvgIpc) is 2.34. The molecular weight excluding hydrogens is 427 g/mol. The van der Waals surface area contributed by atoms with Crippen molar-refractivity contribution in [2.45, 2.75) is 38.5 Å². The van der Waals surface area contributed by atoms with Gasteiger partial charge in [-0.3, -0.25) is 0 Å². The molecule has 4 atom stereocenters. The second kappa shape index (κ2) is 2.36. The van der Waals surface area contributed by atoms with Crippen LogP contribution in [-0.2, 0) is 0 Å². The van der Waals surface area contributed by atoms with Crippen LogP contribution in [-0.4, -0.2) is 38.5 Å². The summed E-state index contributed by atoms with van der Waals surface area (Å²) in [5.74, 6) is -0.346. The standard InChI is InChI=1S/C9HCl9/c10-2-1-3(11)5(2,13)8(16)6(2,14)4(1,12)7(3,15)9(8,17)18/h1H/t1?,2?,3-,4-,5+,6+,7?,8?/m1/s1. The van der Waals surface area contributed by atoms with E-state index in [0.717, 1.165) is 0 Å². The summed E-state index contributed by atoms with van der Waals surface area (Å²) in [4.78, 5) is -8.63. The smallest absolute Gasteiger partial charge is 0.115 e. The van der Waals surface area contributed by atoms with Crippen molar-refractivity contribution >= 4 is 104 Å². The Balaban J connectivity index is 1.99. The van der Waals surface area contributed by atoms with Gasteiger partial charge in [0.05, 0.1) is 14.6 Å². The lowest BCUT2D eigenvalue weighted by molar-refractivity contribution is -0.267. The zero-order valence-corrected chi connectivity index (χ0v) is 14.8. The summed E-state index contributed by atoms with van der Waals surface area (Å²) in [5.41, 5.74) is 0. The first-order valence-electron chi connectivity index (χ1n) is 5.07. The molecule has 0 amide bonds. The third-order valence-electron chi connectivity index (χ3n) is 6.02. The molecule has 100 valence electrons. The zero-order chi connectivity index (χ0) is 13.6. The molecule has 0 aromatic carbocycles. The monoisotopic (exact) mass is 424 g/mol. The van der Waals surface area contributed by atoms with Gasteiger partial charge >= 0.3 is 0 Å². The van der Waals surface area contributed by atoms with E-state index in [1.54, 1.807) is 0 Å². The van der Waals surface area contributed by atoms with Gasteiger partial charge in [0, 0.05) is 5.92 Å². The Morgan fingerprint density at radius 3 is 1.17 bits per heavy atom. The normalized spacial score (nSPS) is 87.5. The molecule has 0 N–H and O–H groups in total. The van der Waals surface area contributed by atoms with Crippen LogP contribution in [0.3, 0.4) is 0 Å². The minimum absolute atomic E-state index is 0.346. The van der Waals surface area contributed by atoms with Gasteiger partial charge in [0.15, 0.2) is 4.33 Å². The van der Waals surface area contributed by atoms with E-state index in [2.05, 4.69) is 0 Å². The lowest BCUT2D eigenvalue weighted by Gasteiger charge is -3.01. The lowest BCUT2D eigenvalue weighted by atomic mass is 9.17. The van der Waals surface area contributed by atoms with E-state index in [1.165, 1.54) is 0 Å². The van der Waals surface area contributed by atoms with Crippen molar-refractivity contribution in [3.05, 3.63) is 0 Å². The van der Waals surface area contributed by atoms with Crippen LogP contribution in [0.2, 0.25) is 0 Å². The van der Waals surface area contributed by atoms with E-state index in [0.29, 0.717) is 0 Å². The highest BCUT2D eigenvalue weighted by Gasteiger charge is 3.31. The van der Waals surface area contributed by atoms with Crippen LogP contribution >= 0.6 is 104 Å². The van der Waals surface area contributed by atoms with Crippen LogP contribution in [0.15, 0.2) is 0 Å². The summed E-state index contributed by atoms with van der Waals surface area (Å²) in [7, 11) is 0. The molecule has 2 bridgehead atoms. The van der Waals surface area contributed by atoms with Crippen molar-refractivity contribution in [2.75, 3.05) is 0 Å². The van der Waals surface area contributed by atoms with E-state index < -0.39 is 38.5 Å². The molecule has 9 heteroatoms. The molecule has 0 aromatic rings. The molecule has 0 heterocycles. The molecule has 6 aliphatic carbocycles. The quantitative estimate of drug-likeness (QED) is 0.492. The Hall–Kier alpha value is 2.61. The number of hydrogen-bond donors (Lipinski definition) is 0. The van der Waals surface area contributed by atoms with E-state index in [1.807, 2.05) is 0 Å². The molecular formula is C9HCl9. The second-order valence-electron chi connectivity index (χ2n) is 5.78. The SMILES string of the molecule is ClC1(Cl)C2(Cl)[C@]3(Cl)C4(Cl)C5[C@]3(Cl)C1(Cl)[C@]5(Cl)[C@@]42Cl. The first-order valence-corrected chi connectivity index (χ1v) is 8.47. The van der Waals surface area contributed by atoms with Crippen molar-refractivity contribution in [1.29, 1.82) is 0 Å². The summed E-state index contributed by atoms with van der Waals surface area (Å²) in [6.45, 7) is 0. The van der Waals surface area contributed by atoms with Crippen LogP contribution < -0.4 is 0 Å². The predicted molar refractivity (Wildman–Crippen MR) is 78.0 cm³/mol. The van der Waals surface area contributed by atoms with Crippen LogP contribution in [0.5, 0.6) is 0 Å². The largest absolute Gasteiger partial charge is 0.163 e. The number of alkyl halides is 9. The summed E-state index contributed by atoms with van der Waals surface area (Å²) in [6.07, 6.45) is 0. The summed E-state index contributed by atoms with van der Waals surface area (Å²) in [6, 6.07) is 0. The maximum absolute atomic E-state index is 6.61. The predicted octanol–water partition coefficient (Wildman–Crippen LogP) is 4.69. The molecule has 0 aromatic heterocycles. The van der Waals surface area contributed by atoms with Crippen molar-refractivity contribution in [3.8, 4) is 0 Å². The van der Waals surface area contributed by atoms with Crippen LogP contribution in [0.25, 0.3) is 0 Å². The first kappa shape index (κ1) is 13.1. The van der Waals surface area contributed by atoms with Crippen molar-refractivity contribution in [3.63, 3.8) is 0 Å². The highest BCUT2D eigenvalue weighted by Crippen LogP contribution is 3.14. The molecule has 0 radical (unpaired) electrons. The van der Waals surface area contributed by atoms with Gasteiger partial charge in [-0.1, -0.05) is 23.2 Å². The fourth-order valence-corrected chi connectivity index (χ4v) is 13.6. The van der Waals surface area contributed by atoms with Gasteiger partial charge in [0.2, 0.25) is 0 Å². The summed E-state index contributed by atoms with van der Waals surface area (Å²) in [5, 5.41) is 0. The summed E-state index contributed by atoms with van der Waals surface area (Å²) >= 11 is 59.0. The second-order valence-corrected chi connectivity index (χ2v) is 11.2. The van der Waals surface area contributed by atoms with Gasteiger partial charge in [-0.2, -0.15) is 0 Å². The number of rotatable bonds is 0. The van der Waals surface area contributed by atoms with E-state index in [4.69, 9.17) is 104 Å². The first-order chi connectivity index (χ1) is 7.87. The molecule has 0 nitrogen and oxygen atoms in total. The Morgan fingerprint density at radius 2 is 0.778 bits per heavy atom. The lowest BCUT2D eigenvalue weighted by Crippen LogP contribution is -3.21. The molecule has 6 rings (SSSR count). The fourth-order valence-electron chi connectivity index (χ4n) is 5.59. The molecule has 0 spiro atoms. The van der Waals surface area contributed by atoms with Crippen LogP contribution in [0, 0.1) is 5.92 Å². The van der Waals surface area contributed by atoms with Crippen molar-refractivity contribution in [2.24, 2.45) is 5.92 Å². The van der Waals surface area contributed by atoms with Gasteiger partial charge in [0.25, 0.3) is 0 Å². The molecule has 18 heavy (non-hydrogen) atoms. The van der Waals surface area contributed by atoms with Gasteiger partial charge in [-0.15, -0.1) is 81.2 Å². The minimum atomic E-state index is -1.65. The van der Waals surface area contributed by atoms with Crippen molar-refractivity contribution < 1.29 is 0 Å². The number of hydrogen-bond acceptors (Lipinski definition) is 0. The maximum atomic E-state index is 6.61. The Kier molecular flexibility index (Phi) is 1.72. The van der Waals surface area contributed by atoms with Gasteiger partial charge in [-0.05, 0) is 0 Å². The summed E-state index contributed by atoms with van der Waals surface area (Å²) < 4.78 is -1.65. The molecule has 0 aliphatic heterocycles. The number of halogens is 9. The van der Waals surface area contributed by atoms with Gasteiger partial charge in [0.1, 0.15) is 19.5 Å². The van der Waals surface area contributed by atoms with Crippen LogP contribution in [0.1, 0.15) is 0 Å². The third-order valence-corrected chi connectivity index (χ3v) is 14.2. The van der Waals surface area contributed by atoms with Crippen molar-refractivity contribution in [1.82, 2.24) is 0 Å². The Labute approximate surface area is 147 Å². The van der Waals surface area contributed by atoms with Crippen LogP contribution in [0.4, 0.5) is 0 Å². The van der Waals surface area contributed by atoms with E-state index in [9.17, 15) is 0 Å². The third kappa shape index (κ3) is 0.472. The fraction of sp³-hybridized carbons (Fsp3) is 1.00. The average molecular weight is 428 g/mol. The Morgan fingerprint density at radius 1 is 0.444 bits per heavy atom. The Bertz CT molecular complexity index is 545. The maximum Gasteiger partial charge on any atom is 0.163 e. The molecule has 6 aliphatic rings. The highest BCUT2D eigenvalue weighted by atomic mass is 35.5. The van der Waals surface area contributed by atoms with E-state index in [-0.39, 0.29) is 5.92 Å². The zero-order valence-electron chi connectivity index (χ0n) is 7.98. The highest BCUT2D eigenvalue weighted by molar-refractivity contribution is 6.77. The minimum Gasteiger partial charge on any atom is -0.115 e.